The molecule has 4 rings (SSSR count). The molecule has 0 aliphatic rings. The van der Waals surface area contributed by atoms with Crippen molar-refractivity contribution >= 4 is 23.4 Å². The zero-order valence-corrected chi connectivity index (χ0v) is 15.2. The van der Waals surface area contributed by atoms with E-state index < -0.39 is 5.91 Å². The van der Waals surface area contributed by atoms with Crippen LogP contribution in [0.4, 0.5) is 5.82 Å². The number of aromatic nitrogens is 5. The number of benzene rings is 1. The van der Waals surface area contributed by atoms with Crippen LogP contribution in [0.25, 0.3) is 17.0 Å². The number of rotatable bonds is 4. The minimum absolute atomic E-state index is 0.148. The van der Waals surface area contributed by atoms with Crippen molar-refractivity contribution in [2.45, 2.75) is 0 Å². The van der Waals surface area contributed by atoms with Gasteiger partial charge in [-0.25, -0.2) is 4.98 Å². The van der Waals surface area contributed by atoms with Gasteiger partial charge in [-0.05, 0) is 6.07 Å². The van der Waals surface area contributed by atoms with Crippen molar-refractivity contribution in [3.05, 3.63) is 66.2 Å². The minimum Gasteiger partial charge on any atom is -0.355 e. The highest BCUT2D eigenvalue weighted by Gasteiger charge is 2.22. The van der Waals surface area contributed by atoms with Gasteiger partial charge in [-0.15, -0.1) is 0 Å². The summed E-state index contributed by atoms with van der Waals surface area (Å²) in [5.41, 5.74) is 2.10. The molecule has 0 atom stereocenters. The Bertz CT molecular complexity index is 1180. The summed E-state index contributed by atoms with van der Waals surface area (Å²) in [6, 6.07) is 11.4. The Hall–Kier alpha value is -4.01. The Morgan fingerprint density at radius 2 is 1.82 bits per heavy atom. The lowest BCUT2D eigenvalue weighted by Gasteiger charge is -2.07. The van der Waals surface area contributed by atoms with Crippen LogP contribution in [0.2, 0.25) is 0 Å². The number of amides is 2. The largest absolute Gasteiger partial charge is 0.355 e. The summed E-state index contributed by atoms with van der Waals surface area (Å²) >= 11 is 0. The molecule has 9 nitrogen and oxygen atoms in total. The van der Waals surface area contributed by atoms with Gasteiger partial charge in [0, 0.05) is 32.1 Å². The summed E-state index contributed by atoms with van der Waals surface area (Å²) < 4.78 is 3.12. The van der Waals surface area contributed by atoms with E-state index in [0.29, 0.717) is 11.6 Å². The molecule has 0 saturated carbocycles. The number of imidazole rings is 1. The van der Waals surface area contributed by atoms with E-state index in [-0.39, 0.29) is 17.2 Å². The van der Waals surface area contributed by atoms with E-state index >= 15 is 0 Å². The van der Waals surface area contributed by atoms with Crippen LogP contribution in [-0.2, 0) is 7.05 Å². The van der Waals surface area contributed by atoms with E-state index in [1.54, 1.807) is 23.7 Å². The minimum atomic E-state index is -0.481. The molecule has 3 heterocycles. The summed E-state index contributed by atoms with van der Waals surface area (Å²) in [5, 5.41) is 9.19. The maximum Gasteiger partial charge on any atom is 0.275 e. The maximum absolute atomic E-state index is 12.7. The van der Waals surface area contributed by atoms with Gasteiger partial charge >= 0.3 is 0 Å². The van der Waals surface area contributed by atoms with E-state index in [4.69, 9.17) is 0 Å². The van der Waals surface area contributed by atoms with Crippen LogP contribution < -0.4 is 10.6 Å². The normalized spacial score (nSPS) is 10.8. The van der Waals surface area contributed by atoms with E-state index in [2.05, 4.69) is 25.7 Å². The van der Waals surface area contributed by atoms with Crippen LogP contribution in [0.1, 0.15) is 20.8 Å². The fourth-order valence-corrected chi connectivity index (χ4v) is 2.87. The Balaban J connectivity index is 1.63. The second-order valence-corrected chi connectivity index (χ2v) is 6.08. The van der Waals surface area contributed by atoms with Crippen molar-refractivity contribution in [1.29, 1.82) is 0 Å². The number of hydrogen-bond acceptors (Lipinski definition) is 5. The van der Waals surface area contributed by atoms with E-state index in [1.165, 1.54) is 17.9 Å². The lowest BCUT2D eigenvalue weighted by molar-refractivity contribution is 0.0946. The number of anilines is 1. The van der Waals surface area contributed by atoms with Gasteiger partial charge in [0.15, 0.2) is 0 Å². The summed E-state index contributed by atoms with van der Waals surface area (Å²) in [7, 11) is 3.09. The quantitative estimate of drug-likeness (QED) is 0.565. The highest BCUT2D eigenvalue weighted by atomic mass is 16.2. The number of fused-ring (bicyclic) bond motifs is 1. The molecule has 0 bridgehead atoms. The maximum atomic E-state index is 12.7. The molecule has 0 radical (unpaired) electrons. The van der Waals surface area contributed by atoms with Crippen molar-refractivity contribution in [2.75, 3.05) is 12.4 Å². The van der Waals surface area contributed by atoms with Gasteiger partial charge < -0.3 is 10.6 Å². The molecule has 0 aliphatic heterocycles. The molecule has 140 valence electrons. The molecule has 9 heteroatoms. The summed E-state index contributed by atoms with van der Waals surface area (Å²) in [6.45, 7) is 0. The summed E-state index contributed by atoms with van der Waals surface area (Å²) in [5.74, 6) is -0.0901. The van der Waals surface area contributed by atoms with Crippen molar-refractivity contribution in [3.63, 3.8) is 0 Å². The first kappa shape index (κ1) is 17.4. The Labute approximate surface area is 160 Å². The first-order chi connectivity index (χ1) is 13.6. The summed E-state index contributed by atoms with van der Waals surface area (Å²) in [4.78, 5) is 33.5. The van der Waals surface area contributed by atoms with Gasteiger partial charge in [0.2, 0.25) is 5.78 Å². The molecule has 0 spiro atoms. The molecule has 2 amide bonds. The fraction of sp³-hybridized carbons (Fsp3) is 0.105. The predicted molar refractivity (Wildman–Crippen MR) is 103 cm³/mol. The molecule has 4 aromatic rings. The zero-order valence-electron chi connectivity index (χ0n) is 15.2. The highest BCUT2D eigenvalue weighted by molar-refractivity contribution is 6.10. The van der Waals surface area contributed by atoms with Gasteiger partial charge in [-0.3, -0.25) is 18.7 Å². The molecule has 0 aliphatic carbocycles. The smallest absolute Gasteiger partial charge is 0.275 e. The molecule has 2 N–H and O–H groups in total. The molecule has 3 aromatic heterocycles. The van der Waals surface area contributed by atoms with E-state index in [1.807, 2.05) is 36.5 Å². The van der Waals surface area contributed by atoms with Gasteiger partial charge in [0.25, 0.3) is 11.8 Å². The van der Waals surface area contributed by atoms with Gasteiger partial charge in [0.1, 0.15) is 11.5 Å². The van der Waals surface area contributed by atoms with Crippen LogP contribution >= 0.6 is 0 Å². The number of aryl methyl sites for hydroxylation is 1. The number of nitrogens with one attached hydrogen (secondary N) is 2. The standard InChI is InChI=1S/C19H17N7O2/c1-20-17(27)13-10-21-25(2)16(13)18(28)23-15-8-9-26-11-14(22-19(26)24-15)12-6-4-3-5-7-12/h3-11H,1-2H3,(H,20,27)(H,22,23,24,28). The van der Waals surface area contributed by atoms with Crippen LogP contribution in [-0.4, -0.2) is 43.0 Å². The zero-order chi connectivity index (χ0) is 19.7. The van der Waals surface area contributed by atoms with Crippen molar-refractivity contribution in [1.82, 2.24) is 29.5 Å². The second-order valence-electron chi connectivity index (χ2n) is 6.08. The van der Waals surface area contributed by atoms with Crippen molar-refractivity contribution < 1.29 is 9.59 Å². The second kappa shape index (κ2) is 6.95. The Morgan fingerprint density at radius 1 is 1.04 bits per heavy atom. The van der Waals surface area contributed by atoms with E-state index in [9.17, 15) is 9.59 Å². The topological polar surface area (TPSA) is 106 Å². The number of carbonyl (C=O) groups excluding carboxylic acids is 2. The fourth-order valence-electron chi connectivity index (χ4n) is 2.87. The van der Waals surface area contributed by atoms with Gasteiger partial charge in [-0.1, -0.05) is 30.3 Å². The molecule has 0 saturated heterocycles. The molecule has 1 aromatic carbocycles. The SMILES string of the molecule is CNC(=O)c1cnn(C)c1C(=O)Nc1ccn2cc(-c3ccccc3)nc2n1. The lowest BCUT2D eigenvalue weighted by Crippen LogP contribution is -2.24. The van der Waals surface area contributed by atoms with Crippen LogP contribution in [0, 0.1) is 0 Å². The molecule has 28 heavy (non-hydrogen) atoms. The Kier molecular flexibility index (Phi) is 4.32. The number of carbonyl (C=O) groups is 2. The molecule has 0 unspecified atom stereocenters. The predicted octanol–water partition coefficient (Wildman–Crippen LogP) is 1.74. The molecule has 0 fully saturated rings. The Morgan fingerprint density at radius 3 is 2.57 bits per heavy atom. The lowest BCUT2D eigenvalue weighted by atomic mass is 10.2. The third kappa shape index (κ3) is 3.09. The van der Waals surface area contributed by atoms with Gasteiger partial charge in [-0.2, -0.15) is 10.1 Å². The first-order valence-electron chi connectivity index (χ1n) is 8.53. The average molecular weight is 375 g/mol. The van der Waals surface area contributed by atoms with Crippen LogP contribution in [0.15, 0.2) is 55.0 Å². The van der Waals surface area contributed by atoms with Crippen LogP contribution in [0.5, 0.6) is 0 Å². The van der Waals surface area contributed by atoms with Crippen LogP contribution in [0.3, 0.4) is 0 Å². The average Bonchev–Trinajstić information content (AvgIpc) is 3.31. The number of hydrogen-bond donors (Lipinski definition) is 2. The first-order valence-corrected chi connectivity index (χ1v) is 8.53. The highest BCUT2D eigenvalue weighted by Crippen LogP contribution is 2.19. The molecular weight excluding hydrogens is 358 g/mol. The van der Waals surface area contributed by atoms with Gasteiger partial charge in [0.05, 0.1) is 17.5 Å². The third-order valence-corrected chi connectivity index (χ3v) is 4.26. The van der Waals surface area contributed by atoms with Crippen molar-refractivity contribution in [3.8, 4) is 11.3 Å². The monoisotopic (exact) mass is 375 g/mol. The van der Waals surface area contributed by atoms with Crippen molar-refractivity contribution in [2.24, 2.45) is 7.05 Å². The molecular formula is C19H17N7O2. The number of nitrogens with zero attached hydrogens (tertiary/aromatic N) is 5. The van der Waals surface area contributed by atoms with E-state index in [0.717, 1.165) is 11.3 Å². The summed E-state index contributed by atoms with van der Waals surface area (Å²) in [6.07, 6.45) is 4.99. The third-order valence-electron chi connectivity index (χ3n) is 4.26.